The zero-order chi connectivity index (χ0) is 10.3. The Morgan fingerprint density at radius 3 is 2.23 bits per heavy atom. The SMILES string of the molecule is CNC(CCCCSC)C(C)(C)C. The molecule has 1 nitrogen and oxygen atoms in total. The zero-order valence-corrected chi connectivity index (χ0v) is 10.6. The van der Waals surface area contributed by atoms with Crippen LogP contribution in [0.15, 0.2) is 0 Å². The van der Waals surface area contributed by atoms with Crippen LogP contribution in [-0.2, 0) is 0 Å². The van der Waals surface area contributed by atoms with E-state index in [1.165, 1.54) is 25.0 Å². The van der Waals surface area contributed by atoms with Crippen molar-refractivity contribution < 1.29 is 0 Å². The molecule has 0 aliphatic rings. The van der Waals surface area contributed by atoms with Gasteiger partial charge in [-0.25, -0.2) is 0 Å². The molecule has 0 saturated carbocycles. The standard InChI is InChI=1S/C11H25NS/c1-11(2,3)10(12-4)8-6-7-9-13-5/h10,12H,6-9H2,1-5H3. The number of thioether (sulfide) groups is 1. The van der Waals surface area contributed by atoms with E-state index in [1.807, 2.05) is 11.8 Å². The highest BCUT2D eigenvalue weighted by atomic mass is 32.2. The summed E-state index contributed by atoms with van der Waals surface area (Å²) in [6.45, 7) is 6.92. The minimum Gasteiger partial charge on any atom is -0.316 e. The average Bonchev–Trinajstić information content (AvgIpc) is 2.02. The van der Waals surface area contributed by atoms with Gasteiger partial charge in [0.05, 0.1) is 0 Å². The van der Waals surface area contributed by atoms with E-state index in [4.69, 9.17) is 0 Å². The normalized spacial score (nSPS) is 14.5. The molecular formula is C11H25NS. The molecule has 0 bridgehead atoms. The molecule has 1 N–H and O–H groups in total. The number of hydrogen-bond acceptors (Lipinski definition) is 2. The summed E-state index contributed by atoms with van der Waals surface area (Å²) in [6, 6.07) is 0.661. The first-order valence-corrected chi connectivity index (χ1v) is 6.58. The smallest absolute Gasteiger partial charge is 0.0113 e. The molecule has 0 aromatic heterocycles. The van der Waals surface area contributed by atoms with Crippen LogP contribution in [0.1, 0.15) is 40.0 Å². The lowest BCUT2D eigenvalue weighted by Crippen LogP contribution is -2.37. The monoisotopic (exact) mass is 203 g/mol. The number of nitrogens with one attached hydrogen (secondary N) is 1. The number of rotatable bonds is 6. The predicted molar refractivity (Wildman–Crippen MR) is 64.5 cm³/mol. The average molecular weight is 203 g/mol. The van der Waals surface area contributed by atoms with E-state index in [-0.39, 0.29) is 0 Å². The van der Waals surface area contributed by atoms with Crippen LogP contribution < -0.4 is 5.32 Å². The van der Waals surface area contributed by atoms with E-state index in [0.717, 1.165) is 0 Å². The van der Waals surface area contributed by atoms with Gasteiger partial charge in [0.2, 0.25) is 0 Å². The lowest BCUT2D eigenvalue weighted by Gasteiger charge is -2.30. The Morgan fingerprint density at radius 2 is 1.85 bits per heavy atom. The molecular weight excluding hydrogens is 178 g/mol. The lowest BCUT2D eigenvalue weighted by molar-refractivity contribution is 0.263. The van der Waals surface area contributed by atoms with Crippen LogP contribution in [0.2, 0.25) is 0 Å². The molecule has 0 heterocycles. The topological polar surface area (TPSA) is 12.0 Å². The Kier molecular flexibility index (Phi) is 6.88. The third kappa shape index (κ3) is 6.39. The molecule has 0 aromatic carbocycles. The van der Waals surface area contributed by atoms with Crippen LogP contribution in [0.3, 0.4) is 0 Å². The largest absolute Gasteiger partial charge is 0.316 e. The maximum atomic E-state index is 3.41. The molecule has 0 radical (unpaired) electrons. The second-order valence-corrected chi connectivity index (χ2v) is 5.68. The second kappa shape index (κ2) is 6.72. The van der Waals surface area contributed by atoms with Gasteiger partial charge in [-0.15, -0.1) is 0 Å². The summed E-state index contributed by atoms with van der Waals surface area (Å²) in [6.07, 6.45) is 6.19. The van der Waals surface area contributed by atoms with Crippen LogP contribution >= 0.6 is 11.8 Å². The first kappa shape index (κ1) is 13.3. The molecule has 80 valence electrons. The van der Waals surface area contributed by atoms with Crippen LogP contribution in [-0.4, -0.2) is 25.1 Å². The predicted octanol–water partition coefficient (Wildman–Crippen LogP) is 3.15. The first-order valence-electron chi connectivity index (χ1n) is 5.18. The van der Waals surface area contributed by atoms with Gasteiger partial charge < -0.3 is 5.32 Å². The molecule has 0 saturated heterocycles. The maximum absolute atomic E-state index is 3.41. The summed E-state index contributed by atoms with van der Waals surface area (Å²) in [5, 5.41) is 3.41. The third-order valence-electron chi connectivity index (χ3n) is 2.49. The highest BCUT2D eigenvalue weighted by Gasteiger charge is 2.21. The van der Waals surface area contributed by atoms with Crippen molar-refractivity contribution in [1.29, 1.82) is 0 Å². The Labute approximate surface area is 88.1 Å². The van der Waals surface area contributed by atoms with E-state index in [9.17, 15) is 0 Å². The summed E-state index contributed by atoms with van der Waals surface area (Å²) in [5.41, 5.74) is 0.397. The molecule has 0 fully saturated rings. The van der Waals surface area contributed by atoms with Gasteiger partial charge in [0.25, 0.3) is 0 Å². The minimum absolute atomic E-state index is 0.397. The van der Waals surface area contributed by atoms with Crippen molar-refractivity contribution in [1.82, 2.24) is 5.32 Å². The molecule has 0 aliphatic heterocycles. The van der Waals surface area contributed by atoms with Crippen molar-refractivity contribution in [3.63, 3.8) is 0 Å². The van der Waals surface area contributed by atoms with Crippen molar-refractivity contribution in [2.24, 2.45) is 5.41 Å². The first-order chi connectivity index (χ1) is 6.02. The molecule has 2 heteroatoms. The second-order valence-electron chi connectivity index (χ2n) is 4.70. The molecule has 0 rings (SSSR count). The summed E-state index contributed by atoms with van der Waals surface area (Å²) in [4.78, 5) is 0. The Morgan fingerprint density at radius 1 is 1.23 bits per heavy atom. The van der Waals surface area contributed by atoms with Gasteiger partial charge in [0.1, 0.15) is 0 Å². The molecule has 0 spiro atoms. The van der Waals surface area contributed by atoms with Gasteiger partial charge in [-0.1, -0.05) is 27.2 Å². The fourth-order valence-corrected chi connectivity index (χ4v) is 2.10. The summed E-state index contributed by atoms with van der Waals surface area (Å²) < 4.78 is 0. The maximum Gasteiger partial charge on any atom is 0.0113 e. The van der Waals surface area contributed by atoms with Gasteiger partial charge in [-0.2, -0.15) is 11.8 Å². The van der Waals surface area contributed by atoms with Crippen molar-refractivity contribution in [3.8, 4) is 0 Å². The summed E-state index contributed by atoms with van der Waals surface area (Å²) in [7, 11) is 2.07. The van der Waals surface area contributed by atoms with Crippen LogP contribution in [0.5, 0.6) is 0 Å². The fourth-order valence-electron chi connectivity index (χ4n) is 1.61. The van der Waals surface area contributed by atoms with Crippen molar-refractivity contribution in [2.45, 2.75) is 46.1 Å². The van der Waals surface area contributed by atoms with E-state index >= 15 is 0 Å². The van der Waals surface area contributed by atoms with Gasteiger partial charge in [-0.05, 0) is 37.3 Å². The Hall–Kier alpha value is 0.310. The Balaban J connectivity index is 3.61. The molecule has 0 amide bonds. The highest BCUT2D eigenvalue weighted by Crippen LogP contribution is 2.23. The third-order valence-corrected chi connectivity index (χ3v) is 3.18. The molecule has 1 unspecified atom stereocenters. The molecule has 0 aromatic rings. The van der Waals surface area contributed by atoms with E-state index in [0.29, 0.717) is 11.5 Å². The molecule has 0 aliphatic carbocycles. The molecule has 13 heavy (non-hydrogen) atoms. The number of unbranched alkanes of at least 4 members (excludes halogenated alkanes) is 1. The Bertz CT molecular complexity index is 118. The van der Waals surface area contributed by atoms with Gasteiger partial charge in [0.15, 0.2) is 0 Å². The van der Waals surface area contributed by atoms with Crippen LogP contribution in [0.25, 0.3) is 0 Å². The van der Waals surface area contributed by atoms with Gasteiger partial charge >= 0.3 is 0 Å². The van der Waals surface area contributed by atoms with Crippen molar-refractivity contribution >= 4 is 11.8 Å². The summed E-state index contributed by atoms with van der Waals surface area (Å²) >= 11 is 1.95. The minimum atomic E-state index is 0.397. The van der Waals surface area contributed by atoms with E-state index in [2.05, 4.69) is 39.4 Å². The van der Waals surface area contributed by atoms with Crippen LogP contribution in [0.4, 0.5) is 0 Å². The van der Waals surface area contributed by atoms with Crippen LogP contribution in [0, 0.1) is 5.41 Å². The highest BCUT2D eigenvalue weighted by molar-refractivity contribution is 7.98. The quantitative estimate of drug-likeness (QED) is 0.666. The van der Waals surface area contributed by atoms with E-state index < -0.39 is 0 Å². The summed E-state index contributed by atoms with van der Waals surface area (Å²) in [5.74, 6) is 1.31. The van der Waals surface area contributed by atoms with Crippen molar-refractivity contribution in [2.75, 3.05) is 19.1 Å². The molecule has 1 atom stereocenters. The fraction of sp³-hybridized carbons (Fsp3) is 1.00. The zero-order valence-electron chi connectivity index (χ0n) is 9.81. The van der Waals surface area contributed by atoms with E-state index in [1.54, 1.807) is 0 Å². The lowest BCUT2D eigenvalue weighted by atomic mass is 9.84. The van der Waals surface area contributed by atoms with Gasteiger partial charge in [-0.3, -0.25) is 0 Å². The van der Waals surface area contributed by atoms with Gasteiger partial charge in [0, 0.05) is 6.04 Å². The van der Waals surface area contributed by atoms with Crippen molar-refractivity contribution in [3.05, 3.63) is 0 Å². The number of hydrogen-bond donors (Lipinski definition) is 1.